The molecule has 0 saturated heterocycles. The van der Waals surface area contributed by atoms with Gasteiger partial charge in [-0.05, 0) is 12.5 Å². The molecule has 0 bridgehead atoms. The van der Waals surface area contributed by atoms with E-state index in [2.05, 4.69) is 22.2 Å². The molecular formula is C11H15ClN4. The number of pyridine rings is 1. The van der Waals surface area contributed by atoms with Gasteiger partial charge in [-0.1, -0.05) is 6.92 Å². The lowest BCUT2D eigenvalue weighted by Gasteiger charge is -2.09. The first-order valence-electron chi connectivity index (χ1n) is 5.36. The highest BCUT2D eigenvalue weighted by molar-refractivity contribution is 6.20. The van der Waals surface area contributed by atoms with Crippen molar-refractivity contribution in [2.24, 2.45) is 7.05 Å². The lowest BCUT2D eigenvalue weighted by Crippen LogP contribution is -2.14. The van der Waals surface area contributed by atoms with Crippen molar-refractivity contribution in [1.29, 1.82) is 0 Å². The van der Waals surface area contributed by atoms with Gasteiger partial charge in [-0.15, -0.1) is 11.6 Å². The van der Waals surface area contributed by atoms with Gasteiger partial charge in [0.1, 0.15) is 5.52 Å². The van der Waals surface area contributed by atoms with Crippen molar-refractivity contribution in [3.63, 3.8) is 0 Å². The summed E-state index contributed by atoms with van der Waals surface area (Å²) in [6.45, 7) is 2.77. The summed E-state index contributed by atoms with van der Waals surface area (Å²) >= 11 is 6.06. The molecule has 0 aliphatic rings. The molecule has 1 unspecified atom stereocenters. The topological polar surface area (TPSA) is 42.7 Å². The Morgan fingerprint density at radius 2 is 2.31 bits per heavy atom. The molecular weight excluding hydrogens is 224 g/mol. The number of hydrogen-bond donors (Lipinski definition) is 1. The fourth-order valence-corrected chi connectivity index (χ4v) is 1.62. The van der Waals surface area contributed by atoms with Crippen LogP contribution in [0.2, 0.25) is 0 Å². The van der Waals surface area contributed by atoms with Crippen LogP contribution in [0.25, 0.3) is 11.0 Å². The van der Waals surface area contributed by atoms with E-state index in [4.69, 9.17) is 11.6 Å². The zero-order valence-electron chi connectivity index (χ0n) is 9.44. The number of rotatable bonds is 4. The van der Waals surface area contributed by atoms with Crippen molar-refractivity contribution >= 4 is 28.5 Å². The molecule has 1 N–H and O–H groups in total. The number of hydrogen-bond acceptors (Lipinski definition) is 3. The normalized spacial score (nSPS) is 12.9. The Hall–Kier alpha value is -1.29. The number of nitrogens with zero attached hydrogens (tertiary/aromatic N) is 3. The molecule has 0 saturated carbocycles. The van der Waals surface area contributed by atoms with E-state index in [-0.39, 0.29) is 5.38 Å². The Balaban J connectivity index is 2.24. The van der Waals surface area contributed by atoms with Crippen LogP contribution in [0, 0.1) is 0 Å². The van der Waals surface area contributed by atoms with Gasteiger partial charge < -0.3 is 9.88 Å². The zero-order chi connectivity index (χ0) is 11.5. The number of alkyl halides is 1. The first-order chi connectivity index (χ1) is 7.72. The van der Waals surface area contributed by atoms with E-state index in [0.29, 0.717) is 6.54 Å². The fraction of sp³-hybridized carbons (Fsp3) is 0.455. The maximum atomic E-state index is 6.06. The first-order valence-corrected chi connectivity index (χ1v) is 5.80. The van der Waals surface area contributed by atoms with Crippen molar-refractivity contribution in [1.82, 2.24) is 14.5 Å². The molecule has 5 heteroatoms. The number of aromatic nitrogens is 3. The molecule has 16 heavy (non-hydrogen) atoms. The minimum atomic E-state index is 0.126. The van der Waals surface area contributed by atoms with Crippen LogP contribution >= 0.6 is 11.6 Å². The van der Waals surface area contributed by atoms with E-state index in [1.165, 1.54) is 0 Å². The predicted molar refractivity (Wildman–Crippen MR) is 66.9 cm³/mol. The second kappa shape index (κ2) is 4.70. The molecule has 0 fully saturated rings. The van der Waals surface area contributed by atoms with Crippen LogP contribution in [0.1, 0.15) is 13.3 Å². The standard InChI is InChI=1S/C11H15ClN4/c1-3-8(12)6-14-11-10-9(4-5-13-11)16(2)7-15-10/h4-5,7-8H,3,6H2,1-2H3,(H,13,14). The molecule has 0 aromatic carbocycles. The average molecular weight is 239 g/mol. The third-order valence-corrected chi connectivity index (χ3v) is 3.04. The van der Waals surface area contributed by atoms with E-state index in [1.807, 2.05) is 17.7 Å². The number of fused-ring (bicyclic) bond motifs is 1. The first kappa shape index (κ1) is 11.2. The molecule has 0 amide bonds. The van der Waals surface area contributed by atoms with E-state index >= 15 is 0 Å². The molecule has 0 radical (unpaired) electrons. The molecule has 86 valence electrons. The highest BCUT2D eigenvalue weighted by Gasteiger charge is 2.07. The van der Waals surface area contributed by atoms with Crippen LogP contribution < -0.4 is 5.32 Å². The quantitative estimate of drug-likeness (QED) is 0.832. The molecule has 1 atom stereocenters. The van der Waals surface area contributed by atoms with Gasteiger partial charge in [0.05, 0.1) is 17.2 Å². The lowest BCUT2D eigenvalue weighted by molar-refractivity contribution is 0.841. The van der Waals surface area contributed by atoms with Crippen LogP contribution in [-0.4, -0.2) is 26.5 Å². The SMILES string of the molecule is CCC(Cl)CNc1nccc2c1ncn2C. The molecule has 0 aliphatic carbocycles. The van der Waals surface area contributed by atoms with E-state index in [9.17, 15) is 0 Å². The van der Waals surface area contributed by atoms with Gasteiger partial charge in [-0.2, -0.15) is 0 Å². The van der Waals surface area contributed by atoms with Crippen molar-refractivity contribution in [3.8, 4) is 0 Å². The summed E-state index contributed by atoms with van der Waals surface area (Å²) in [7, 11) is 1.97. The van der Waals surface area contributed by atoms with Crippen molar-refractivity contribution < 1.29 is 0 Å². The number of nitrogens with one attached hydrogen (secondary N) is 1. The molecule has 2 heterocycles. The predicted octanol–water partition coefficient (Wildman–Crippen LogP) is 2.40. The molecule has 2 aromatic rings. The Labute approximate surface area is 99.6 Å². The minimum absolute atomic E-state index is 0.126. The summed E-state index contributed by atoms with van der Waals surface area (Å²) in [5.41, 5.74) is 1.96. The van der Waals surface area contributed by atoms with Crippen molar-refractivity contribution in [2.75, 3.05) is 11.9 Å². The molecule has 4 nitrogen and oxygen atoms in total. The highest BCUT2D eigenvalue weighted by Crippen LogP contribution is 2.18. The van der Waals surface area contributed by atoms with Crippen molar-refractivity contribution in [2.45, 2.75) is 18.7 Å². The van der Waals surface area contributed by atoms with Crippen LogP contribution in [0.3, 0.4) is 0 Å². The summed E-state index contributed by atoms with van der Waals surface area (Å²) in [5.74, 6) is 0.803. The summed E-state index contributed by atoms with van der Waals surface area (Å²) < 4.78 is 1.97. The van der Waals surface area contributed by atoms with Crippen LogP contribution in [0.15, 0.2) is 18.6 Å². The number of aryl methyl sites for hydroxylation is 1. The molecule has 0 spiro atoms. The summed E-state index contributed by atoms with van der Waals surface area (Å²) in [6.07, 6.45) is 4.50. The molecule has 2 aromatic heterocycles. The summed E-state index contributed by atoms with van der Waals surface area (Å²) in [4.78, 5) is 8.60. The Morgan fingerprint density at radius 3 is 3.06 bits per heavy atom. The zero-order valence-corrected chi connectivity index (χ0v) is 10.2. The van der Waals surface area contributed by atoms with E-state index in [1.54, 1.807) is 12.5 Å². The van der Waals surface area contributed by atoms with E-state index < -0.39 is 0 Å². The Bertz CT molecular complexity index is 480. The Morgan fingerprint density at radius 1 is 1.50 bits per heavy atom. The van der Waals surface area contributed by atoms with Crippen LogP contribution in [0.5, 0.6) is 0 Å². The van der Waals surface area contributed by atoms with Crippen LogP contribution in [-0.2, 0) is 7.05 Å². The fourth-order valence-electron chi connectivity index (χ4n) is 1.54. The van der Waals surface area contributed by atoms with Crippen molar-refractivity contribution in [3.05, 3.63) is 18.6 Å². The smallest absolute Gasteiger partial charge is 0.154 e. The third kappa shape index (κ3) is 2.11. The van der Waals surface area contributed by atoms with E-state index in [0.717, 1.165) is 23.3 Å². The summed E-state index contributed by atoms with van der Waals surface area (Å²) in [5, 5.41) is 3.36. The maximum absolute atomic E-state index is 6.06. The third-order valence-electron chi connectivity index (χ3n) is 2.58. The monoisotopic (exact) mass is 238 g/mol. The number of imidazole rings is 1. The number of halogens is 1. The number of anilines is 1. The second-order valence-corrected chi connectivity index (χ2v) is 4.39. The van der Waals surface area contributed by atoms with Gasteiger partial charge in [-0.25, -0.2) is 9.97 Å². The van der Waals surface area contributed by atoms with Gasteiger partial charge in [0.25, 0.3) is 0 Å². The highest BCUT2D eigenvalue weighted by atomic mass is 35.5. The van der Waals surface area contributed by atoms with Crippen LogP contribution in [0.4, 0.5) is 5.82 Å². The molecule has 2 rings (SSSR count). The summed E-state index contributed by atoms with van der Waals surface area (Å²) in [6, 6.07) is 1.95. The largest absolute Gasteiger partial charge is 0.367 e. The Kier molecular flexibility index (Phi) is 3.29. The average Bonchev–Trinajstić information content (AvgIpc) is 2.69. The minimum Gasteiger partial charge on any atom is -0.367 e. The van der Waals surface area contributed by atoms with Gasteiger partial charge in [0.2, 0.25) is 0 Å². The maximum Gasteiger partial charge on any atom is 0.154 e. The van der Waals surface area contributed by atoms with Gasteiger partial charge in [0, 0.05) is 19.8 Å². The second-order valence-electron chi connectivity index (χ2n) is 3.77. The lowest BCUT2D eigenvalue weighted by atomic mass is 10.3. The van der Waals surface area contributed by atoms with Gasteiger partial charge >= 0.3 is 0 Å². The van der Waals surface area contributed by atoms with Gasteiger partial charge in [0.15, 0.2) is 5.82 Å². The molecule has 0 aliphatic heterocycles. The van der Waals surface area contributed by atoms with Gasteiger partial charge in [-0.3, -0.25) is 0 Å².